The van der Waals surface area contributed by atoms with E-state index in [2.05, 4.69) is 16.7 Å². The molecule has 128 valence electrons. The van der Waals surface area contributed by atoms with Crippen LogP contribution < -0.4 is 15.4 Å². The van der Waals surface area contributed by atoms with E-state index in [0.717, 1.165) is 47.8 Å². The summed E-state index contributed by atoms with van der Waals surface area (Å²) in [5.41, 5.74) is 3.28. The van der Waals surface area contributed by atoms with Gasteiger partial charge in [-0.3, -0.25) is 4.79 Å². The smallest absolute Gasteiger partial charge is 0.265 e. The molecule has 1 aliphatic heterocycles. The van der Waals surface area contributed by atoms with Gasteiger partial charge in [0.25, 0.3) is 5.91 Å². The van der Waals surface area contributed by atoms with Gasteiger partial charge in [0.15, 0.2) is 0 Å². The molecule has 1 aromatic carbocycles. The van der Waals surface area contributed by atoms with Gasteiger partial charge >= 0.3 is 0 Å². The second-order valence-corrected chi connectivity index (χ2v) is 7.20. The highest BCUT2D eigenvalue weighted by Gasteiger charge is 2.18. The Morgan fingerprint density at radius 1 is 1.17 bits per heavy atom. The Hall–Kier alpha value is -1.56. The van der Waals surface area contributed by atoms with Crippen molar-refractivity contribution in [1.29, 1.82) is 0 Å². The first-order valence-electron chi connectivity index (χ1n) is 8.19. The highest BCUT2D eigenvalue weighted by molar-refractivity contribution is 7.14. The van der Waals surface area contributed by atoms with Crippen molar-refractivity contribution in [2.24, 2.45) is 0 Å². The van der Waals surface area contributed by atoms with E-state index in [9.17, 15) is 4.79 Å². The van der Waals surface area contributed by atoms with Gasteiger partial charge in [0.05, 0.1) is 4.88 Å². The second-order valence-electron chi connectivity index (χ2n) is 6.07. The molecule has 0 radical (unpaired) electrons. The maximum atomic E-state index is 12.5. The fourth-order valence-corrected chi connectivity index (χ4v) is 4.34. The standard InChI is InChI=1S/C18H20N2O2S.ClH/c21-18(17-10-12-3-1-2-4-16(12)23-17)20-14-5-6-15-13(9-14)11-19-7-8-22-15;/h5-6,9-10,19H,1-4,7-8,11H2,(H,20,21);1H. The van der Waals surface area contributed by atoms with Crippen molar-refractivity contribution >= 4 is 35.3 Å². The maximum absolute atomic E-state index is 12.5. The summed E-state index contributed by atoms with van der Waals surface area (Å²) in [7, 11) is 0. The molecule has 24 heavy (non-hydrogen) atoms. The van der Waals surface area contributed by atoms with Crippen LogP contribution in [-0.2, 0) is 19.4 Å². The van der Waals surface area contributed by atoms with Gasteiger partial charge in [-0.1, -0.05) is 0 Å². The zero-order valence-corrected chi connectivity index (χ0v) is 15.0. The van der Waals surface area contributed by atoms with E-state index in [1.165, 1.54) is 23.3 Å². The first-order chi connectivity index (χ1) is 11.3. The quantitative estimate of drug-likeness (QED) is 0.852. The topological polar surface area (TPSA) is 50.4 Å². The number of carbonyl (C=O) groups excluding carboxylic acids is 1. The number of aryl methyl sites for hydroxylation is 2. The third kappa shape index (κ3) is 3.58. The van der Waals surface area contributed by atoms with Crippen LogP contribution in [0.1, 0.15) is 38.5 Å². The van der Waals surface area contributed by atoms with Crippen molar-refractivity contribution in [3.8, 4) is 5.75 Å². The molecule has 0 saturated heterocycles. The monoisotopic (exact) mass is 364 g/mol. The van der Waals surface area contributed by atoms with Gasteiger partial charge in [-0.15, -0.1) is 23.7 Å². The molecule has 1 amide bonds. The molecule has 0 atom stereocenters. The van der Waals surface area contributed by atoms with Gasteiger partial charge in [-0.25, -0.2) is 0 Å². The summed E-state index contributed by atoms with van der Waals surface area (Å²) in [5, 5.41) is 6.34. The Bertz CT molecular complexity index is 721. The summed E-state index contributed by atoms with van der Waals surface area (Å²) >= 11 is 1.65. The van der Waals surface area contributed by atoms with E-state index in [0.29, 0.717) is 6.61 Å². The van der Waals surface area contributed by atoms with E-state index < -0.39 is 0 Å². The van der Waals surface area contributed by atoms with Gasteiger partial charge in [0.1, 0.15) is 12.4 Å². The number of nitrogens with one attached hydrogen (secondary N) is 2. The number of hydrogen-bond donors (Lipinski definition) is 2. The van der Waals surface area contributed by atoms with Crippen LogP contribution in [0.4, 0.5) is 5.69 Å². The van der Waals surface area contributed by atoms with Crippen LogP contribution in [0.3, 0.4) is 0 Å². The fourth-order valence-electron chi connectivity index (χ4n) is 3.19. The number of ether oxygens (including phenoxy) is 1. The van der Waals surface area contributed by atoms with Crippen molar-refractivity contribution in [1.82, 2.24) is 5.32 Å². The average molecular weight is 365 g/mol. The van der Waals surface area contributed by atoms with E-state index in [4.69, 9.17) is 4.74 Å². The van der Waals surface area contributed by atoms with Crippen molar-refractivity contribution in [3.63, 3.8) is 0 Å². The Kier molecular flexibility index (Phi) is 5.43. The molecule has 4 rings (SSSR count). The molecule has 0 saturated carbocycles. The van der Waals surface area contributed by atoms with Crippen LogP contribution in [0.15, 0.2) is 24.3 Å². The summed E-state index contributed by atoms with van der Waals surface area (Å²) in [6.07, 6.45) is 4.71. The minimum absolute atomic E-state index is 0. The van der Waals surface area contributed by atoms with Crippen LogP contribution >= 0.6 is 23.7 Å². The van der Waals surface area contributed by atoms with Gasteiger partial charge in [-0.2, -0.15) is 0 Å². The van der Waals surface area contributed by atoms with Crippen LogP contribution in [-0.4, -0.2) is 19.1 Å². The lowest BCUT2D eigenvalue weighted by molar-refractivity contribution is 0.103. The number of anilines is 1. The minimum atomic E-state index is -0.00755. The number of hydrogen-bond acceptors (Lipinski definition) is 4. The number of thiophene rings is 1. The number of rotatable bonds is 2. The van der Waals surface area contributed by atoms with Crippen LogP contribution in [0.25, 0.3) is 0 Å². The van der Waals surface area contributed by atoms with Crippen molar-refractivity contribution in [2.75, 3.05) is 18.5 Å². The molecule has 0 bridgehead atoms. The average Bonchev–Trinajstić information content (AvgIpc) is 2.87. The molecule has 0 spiro atoms. The number of halogens is 1. The lowest BCUT2D eigenvalue weighted by Gasteiger charge is -2.09. The summed E-state index contributed by atoms with van der Waals surface area (Å²) in [4.78, 5) is 14.7. The molecule has 2 heterocycles. The number of fused-ring (bicyclic) bond motifs is 2. The highest BCUT2D eigenvalue weighted by atomic mass is 35.5. The Morgan fingerprint density at radius 2 is 2.04 bits per heavy atom. The molecule has 0 unspecified atom stereocenters. The molecule has 1 aliphatic carbocycles. The number of carbonyl (C=O) groups is 1. The van der Waals surface area contributed by atoms with Crippen molar-refractivity contribution in [3.05, 3.63) is 45.1 Å². The number of amides is 1. The van der Waals surface area contributed by atoms with Crippen LogP contribution in [0, 0.1) is 0 Å². The maximum Gasteiger partial charge on any atom is 0.265 e. The normalized spacial score (nSPS) is 16.0. The van der Waals surface area contributed by atoms with E-state index >= 15 is 0 Å². The molecule has 2 N–H and O–H groups in total. The first kappa shape index (κ1) is 17.3. The van der Waals surface area contributed by atoms with E-state index in [1.54, 1.807) is 11.3 Å². The largest absolute Gasteiger partial charge is 0.492 e. The highest BCUT2D eigenvalue weighted by Crippen LogP contribution is 2.30. The van der Waals surface area contributed by atoms with Crippen molar-refractivity contribution in [2.45, 2.75) is 32.2 Å². The Balaban J connectivity index is 0.00000169. The predicted molar refractivity (Wildman–Crippen MR) is 99.8 cm³/mol. The molecule has 4 nitrogen and oxygen atoms in total. The van der Waals surface area contributed by atoms with E-state index in [-0.39, 0.29) is 18.3 Å². The summed E-state index contributed by atoms with van der Waals surface area (Å²) in [6, 6.07) is 7.93. The fraction of sp³-hybridized carbons (Fsp3) is 0.389. The van der Waals surface area contributed by atoms with Gasteiger partial charge in [0.2, 0.25) is 0 Å². The molecular formula is C18H21ClN2O2S. The number of benzene rings is 1. The van der Waals surface area contributed by atoms with Gasteiger partial charge in [-0.05, 0) is 55.5 Å². The third-order valence-corrected chi connectivity index (χ3v) is 5.63. The lowest BCUT2D eigenvalue weighted by atomic mass is 9.99. The molecule has 1 aromatic heterocycles. The van der Waals surface area contributed by atoms with Crippen molar-refractivity contribution < 1.29 is 9.53 Å². The molecule has 0 fully saturated rings. The van der Waals surface area contributed by atoms with Crippen LogP contribution in [0.5, 0.6) is 5.75 Å². The Labute approximate surface area is 152 Å². The SMILES string of the molecule is Cl.O=C(Nc1ccc2c(c1)CNCCO2)c1cc2c(s1)CCCC2. The molecule has 6 heteroatoms. The predicted octanol–water partition coefficient (Wildman–Crippen LogP) is 3.78. The third-order valence-electron chi connectivity index (χ3n) is 4.39. The summed E-state index contributed by atoms with van der Waals surface area (Å²) in [6.45, 7) is 2.29. The van der Waals surface area contributed by atoms with Crippen LogP contribution in [0.2, 0.25) is 0 Å². The Morgan fingerprint density at radius 3 is 2.92 bits per heavy atom. The first-order valence-corrected chi connectivity index (χ1v) is 9.00. The summed E-state index contributed by atoms with van der Waals surface area (Å²) in [5.74, 6) is 0.895. The molecular weight excluding hydrogens is 344 g/mol. The molecule has 2 aromatic rings. The lowest BCUT2D eigenvalue weighted by Crippen LogP contribution is -2.16. The van der Waals surface area contributed by atoms with Gasteiger partial charge in [0, 0.05) is 29.2 Å². The van der Waals surface area contributed by atoms with E-state index in [1.807, 2.05) is 18.2 Å². The summed E-state index contributed by atoms with van der Waals surface area (Å²) < 4.78 is 5.68. The molecule has 2 aliphatic rings. The van der Waals surface area contributed by atoms with Gasteiger partial charge < -0.3 is 15.4 Å². The zero-order valence-electron chi connectivity index (χ0n) is 13.4. The zero-order chi connectivity index (χ0) is 15.6. The second kappa shape index (κ2) is 7.55. The minimum Gasteiger partial charge on any atom is -0.492 e.